The molecule has 0 aromatic heterocycles. The van der Waals surface area contributed by atoms with Crippen molar-refractivity contribution in [1.82, 2.24) is 9.44 Å². The zero-order valence-corrected chi connectivity index (χ0v) is 24.0. The molecule has 0 radical (unpaired) electrons. The summed E-state index contributed by atoms with van der Waals surface area (Å²) < 4.78 is 15.3. The zero-order valence-electron chi connectivity index (χ0n) is 20.7. The summed E-state index contributed by atoms with van der Waals surface area (Å²) in [5.41, 5.74) is -0.910. The molecule has 34 heavy (non-hydrogen) atoms. The average Bonchev–Trinajstić information content (AvgIpc) is 2.78. The zero-order chi connectivity index (χ0) is 25.6. The molecule has 2 atom stereocenters. The molecular formula is C22H40N2O6S4. The molecule has 2 amide bonds. The van der Waals surface area contributed by atoms with Crippen molar-refractivity contribution in [3.8, 4) is 0 Å². The van der Waals surface area contributed by atoms with Crippen LogP contribution in [0, 0.1) is 0 Å². The van der Waals surface area contributed by atoms with E-state index in [9.17, 15) is 19.2 Å². The summed E-state index contributed by atoms with van der Waals surface area (Å²) >= 11 is 0. The van der Waals surface area contributed by atoms with Gasteiger partial charge in [-0.15, -0.1) is 0 Å². The van der Waals surface area contributed by atoms with Crippen LogP contribution in [0.4, 0.5) is 0 Å². The lowest BCUT2D eigenvalue weighted by Gasteiger charge is -2.13. The molecule has 0 rings (SSSR count). The van der Waals surface area contributed by atoms with E-state index in [4.69, 9.17) is 9.47 Å². The number of carbonyl (C=O) groups excluding carboxylic acids is 4. The molecule has 12 heteroatoms. The van der Waals surface area contributed by atoms with Crippen molar-refractivity contribution in [1.29, 1.82) is 0 Å². The van der Waals surface area contributed by atoms with Gasteiger partial charge in [0.1, 0.15) is 0 Å². The Morgan fingerprint density at radius 2 is 0.971 bits per heavy atom. The van der Waals surface area contributed by atoms with Crippen molar-refractivity contribution in [2.24, 2.45) is 0 Å². The Hall–Kier alpha value is -0.720. The van der Waals surface area contributed by atoms with E-state index in [2.05, 4.69) is 23.3 Å². The number of amides is 2. The van der Waals surface area contributed by atoms with Crippen LogP contribution in [0.25, 0.3) is 0 Å². The Kier molecular flexibility index (Phi) is 22.2. The molecule has 0 fully saturated rings. The van der Waals surface area contributed by atoms with E-state index in [1.165, 1.54) is 12.8 Å². The minimum atomic E-state index is -0.822. The lowest BCUT2D eigenvalue weighted by molar-refractivity contribution is -0.145. The minimum Gasteiger partial charge on any atom is -0.451 e. The van der Waals surface area contributed by atoms with E-state index < -0.39 is 22.7 Å². The number of hydrogen-bond acceptors (Lipinski definition) is 10. The number of ether oxygens (including phenoxy) is 2. The third kappa shape index (κ3) is 20.6. The van der Waals surface area contributed by atoms with Crippen molar-refractivity contribution in [3.63, 3.8) is 0 Å². The first-order valence-electron chi connectivity index (χ1n) is 11.9. The van der Waals surface area contributed by atoms with E-state index >= 15 is 0 Å². The van der Waals surface area contributed by atoms with Crippen LogP contribution in [0.1, 0.15) is 105 Å². The largest absolute Gasteiger partial charge is 0.451 e. The molecular weight excluding hydrogens is 517 g/mol. The van der Waals surface area contributed by atoms with Crippen molar-refractivity contribution >= 4 is 67.3 Å². The maximum absolute atomic E-state index is 11.8. The van der Waals surface area contributed by atoms with Crippen LogP contribution in [-0.2, 0) is 28.7 Å². The molecule has 0 aromatic carbocycles. The number of hydrogen-bond donors (Lipinski definition) is 2. The molecule has 0 aliphatic rings. The van der Waals surface area contributed by atoms with Crippen LogP contribution < -0.4 is 9.44 Å². The first kappa shape index (κ1) is 33.3. The smallest absolute Gasteiger partial charge is 0.320 e. The second-order valence-corrected chi connectivity index (χ2v) is 12.3. The summed E-state index contributed by atoms with van der Waals surface area (Å²) in [5, 5.41) is 0. The van der Waals surface area contributed by atoms with Crippen molar-refractivity contribution in [2.75, 3.05) is 0 Å². The molecule has 0 aromatic rings. The summed E-state index contributed by atoms with van der Waals surface area (Å²) in [7, 11) is 4.13. The Bertz CT molecular complexity index is 548. The maximum Gasteiger partial charge on any atom is 0.320 e. The fraction of sp³-hybridized carbons (Fsp3) is 0.818. The van der Waals surface area contributed by atoms with Gasteiger partial charge in [-0.25, -0.2) is 0 Å². The summed E-state index contributed by atoms with van der Waals surface area (Å²) in [6.07, 6.45) is 11.3. The number of unbranched alkanes of at least 4 members (excludes halogenated alkanes) is 8. The highest BCUT2D eigenvalue weighted by Crippen LogP contribution is 2.26. The van der Waals surface area contributed by atoms with Gasteiger partial charge in [-0.3, -0.25) is 28.6 Å². The number of esters is 2. The average molecular weight is 557 g/mol. The lowest BCUT2D eigenvalue weighted by Crippen LogP contribution is -2.33. The SMILES string of the molecule is CCCCCCCC(=O)OC(C)SSNC(=O)C(=O)NSSC(C)OC(=O)CCCCCCC. The van der Waals surface area contributed by atoms with Crippen molar-refractivity contribution in [2.45, 2.75) is 116 Å². The van der Waals surface area contributed by atoms with E-state index in [0.29, 0.717) is 12.8 Å². The number of nitrogens with one attached hydrogen (secondary N) is 2. The van der Waals surface area contributed by atoms with Gasteiger partial charge in [0.05, 0.1) is 0 Å². The highest BCUT2D eigenvalue weighted by atomic mass is 33.1. The van der Waals surface area contributed by atoms with Gasteiger partial charge in [-0.2, -0.15) is 0 Å². The van der Waals surface area contributed by atoms with E-state index in [-0.39, 0.29) is 11.9 Å². The second kappa shape index (κ2) is 22.7. The van der Waals surface area contributed by atoms with Crippen LogP contribution in [0.15, 0.2) is 0 Å². The maximum atomic E-state index is 11.8. The molecule has 0 aliphatic carbocycles. The first-order chi connectivity index (χ1) is 16.3. The van der Waals surface area contributed by atoms with E-state index in [0.717, 1.165) is 94.9 Å². The molecule has 8 nitrogen and oxygen atoms in total. The third-order valence-electron chi connectivity index (χ3n) is 4.41. The fourth-order valence-electron chi connectivity index (χ4n) is 2.63. The van der Waals surface area contributed by atoms with Crippen LogP contribution >= 0.6 is 43.5 Å². The Morgan fingerprint density at radius 3 is 1.32 bits per heavy atom. The van der Waals surface area contributed by atoms with Crippen molar-refractivity contribution in [3.05, 3.63) is 0 Å². The summed E-state index contributed by atoms with van der Waals surface area (Å²) in [6, 6.07) is 0. The lowest BCUT2D eigenvalue weighted by atomic mass is 10.1. The highest BCUT2D eigenvalue weighted by Gasteiger charge is 2.17. The molecule has 0 saturated heterocycles. The van der Waals surface area contributed by atoms with Gasteiger partial charge in [-0.1, -0.05) is 65.2 Å². The predicted octanol–water partition coefficient (Wildman–Crippen LogP) is 6.31. The molecule has 2 unspecified atom stereocenters. The van der Waals surface area contributed by atoms with Crippen molar-refractivity contribution < 1.29 is 28.7 Å². The number of rotatable bonds is 20. The standard InChI is InChI=1S/C22H40N2O6S4/c1-5-7-9-11-13-15-19(25)29-17(3)31-33-23-21(27)22(28)24-34-32-18(4)30-20(26)16-14-12-10-8-6-2/h17-18H,5-16H2,1-4H3,(H,23,27)(H,24,28). The van der Waals surface area contributed by atoms with Crippen LogP contribution in [0.2, 0.25) is 0 Å². The molecule has 0 saturated carbocycles. The highest BCUT2D eigenvalue weighted by molar-refractivity contribution is 8.76. The van der Waals surface area contributed by atoms with Crippen LogP contribution in [0.3, 0.4) is 0 Å². The van der Waals surface area contributed by atoms with E-state index in [1.54, 1.807) is 13.8 Å². The van der Waals surface area contributed by atoms with Gasteiger partial charge < -0.3 is 9.47 Å². The van der Waals surface area contributed by atoms with Gasteiger partial charge in [0, 0.05) is 34.8 Å². The van der Waals surface area contributed by atoms with Crippen LogP contribution in [0.5, 0.6) is 0 Å². The summed E-state index contributed by atoms with van der Waals surface area (Å²) in [5.74, 6) is -2.17. The van der Waals surface area contributed by atoms with Gasteiger partial charge in [0.25, 0.3) is 0 Å². The first-order valence-corrected chi connectivity index (χ1v) is 16.4. The molecule has 2 N–H and O–H groups in total. The molecule has 198 valence electrons. The quantitative estimate of drug-likeness (QED) is 0.0442. The van der Waals surface area contributed by atoms with E-state index in [1.807, 2.05) is 0 Å². The normalized spacial score (nSPS) is 12.5. The van der Waals surface area contributed by atoms with Gasteiger partial charge in [0.2, 0.25) is 0 Å². The topological polar surface area (TPSA) is 111 Å². The molecule has 0 bridgehead atoms. The fourth-order valence-corrected chi connectivity index (χ4v) is 5.41. The van der Waals surface area contributed by atoms with Crippen LogP contribution in [-0.4, -0.2) is 34.6 Å². The summed E-state index contributed by atoms with van der Waals surface area (Å²) in [4.78, 5) is 47.3. The Morgan fingerprint density at radius 1 is 0.618 bits per heavy atom. The monoisotopic (exact) mass is 556 g/mol. The molecule has 0 aliphatic heterocycles. The van der Waals surface area contributed by atoms with Gasteiger partial charge in [0.15, 0.2) is 10.9 Å². The third-order valence-corrected chi connectivity index (χ3v) is 8.57. The Balaban J connectivity index is 3.83. The predicted molar refractivity (Wildman–Crippen MR) is 145 cm³/mol. The summed E-state index contributed by atoms with van der Waals surface area (Å²) in [6.45, 7) is 7.70. The number of carbonyl (C=O) groups is 4. The minimum absolute atomic E-state index is 0.263. The molecule has 0 heterocycles. The Labute approximate surface area is 220 Å². The van der Waals surface area contributed by atoms with Gasteiger partial charge in [-0.05, 0) is 48.3 Å². The molecule has 0 spiro atoms. The second-order valence-electron chi connectivity index (χ2n) is 7.66. The van der Waals surface area contributed by atoms with Gasteiger partial charge >= 0.3 is 23.8 Å².